The molecule has 0 amide bonds. The summed E-state index contributed by atoms with van der Waals surface area (Å²) in [5.41, 5.74) is -0.814. The minimum Gasteiger partial charge on any atom is -0.458 e. The second-order valence-electron chi connectivity index (χ2n) is 5.74. The topological polar surface area (TPSA) is 43.4 Å². The maximum absolute atomic E-state index is 12.1. The first-order chi connectivity index (χ1) is 7.60. The summed E-state index contributed by atoms with van der Waals surface area (Å²) in [6, 6.07) is 0. The Labute approximate surface area is 96.3 Å². The minimum absolute atomic E-state index is 0.166. The van der Waals surface area contributed by atoms with Gasteiger partial charge < -0.3 is 9.53 Å². The summed E-state index contributed by atoms with van der Waals surface area (Å²) in [7, 11) is 4.99. The van der Waals surface area contributed by atoms with E-state index < -0.39 is 5.68 Å². The van der Waals surface area contributed by atoms with Gasteiger partial charge in [-0.1, -0.05) is 0 Å². The van der Waals surface area contributed by atoms with E-state index in [9.17, 15) is 9.59 Å². The van der Waals surface area contributed by atoms with Gasteiger partial charge in [0.05, 0.1) is 5.41 Å². The van der Waals surface area contributed by atoms with E-state index in [-0.39, 0.29) is 18.0 Å². The molecule has 2 unspecified atom stereocenters. The highest BCUT2D eigenvalue weighted by Crippen LogP contribution is 2.65. The zero-order chi connectivity index (χ0) is 11.3. The Morgan fingerprint density at radius 1 is 1.19 bits per heavy atom. The number of esters is 1. The molecule has 2 atom stereocenters. The number of hydrogen-bond donors (Lipinski definition) is 0. The Kier molecular flexibility index (Phi) is 2.17. The highest BCUT2D eigenvalue weighted by Gasteiger charge is 2.62. The van der Waals surface area contributed by atoms with Gasteiger partial charge in [-0.2, -0.15) is 0 Å². The zero-order valence-corrected chi connectivity index (χ0v) is 9.28. The lowest BCUT2D eigenvalue weighted by atomic mass is 9.75. The van der Waals surface area contributed by atoms with Gasteiger partial charge in [-0.05, 0) is 49.9 Å². The lowest BCUT2D eigenvalue weighted by Crippen LogP contribution is -2.35. The third kappa shape index (κ3) is 1.35. The van der Waals surface area contributed by atoms with E-state index in [4.69, 9.17) is 12.6 Å². The number of hydrogen-bond acceptors (Lipinski definition) is 3. The monoisotopic (exact) mass is 218 g/mol. The van der Waals surface area contributed by atoms with Crippen molar-refractivity contribution in [2.24, 2.45) is 23.2 Å². The summed E-state index contributed by atoms with van der Waals surface area (Å²) in [6.07, 6.45) is 5.61. The van der Waals surface area contributed by atoms with Crippen LogP contribution < -0.4 is 0 Å². The third-order valence-electron chi connectivity index (χ3n) is 4.74. The largest absolute Gasteiger partial charge is 0.458 e. The fourth-order valence-electron chi connectivity index (χ4n) is 4.41. The first-order valence-electron chi connectivity index (χ1n) is 6.06. The van der Waals surface area contributed by atoms with Crippen LogP contribution >= 0.6 is 0 Å². The SMILES string of the molecule is [B]C(=O)COC(=O)C12CC3CC(CC1C3)C2. The molecule has 0 heterocycles. The molecule has 3 nitrogen and oxygen atoms in total. The molecule has 4 bridgehead atoms. The molecule has 4 aliphatic rings. The molecule has 4 heteroatoms. The third-order valence-corrected chi connectivity index (χ3v) is 4.74. The lowest BCUT2D eigenvalue weighted by molar-refractivity contribution is -0.159. The van der Waals surface area contributed by atoms with Crippen LogP contribution in [-0.2, 0) is 14.3 Å². The summed E-state index contributed by atoms with van der Waals surface area (Å²) in [6.45, 7) is -0.261. The van der Waals surface area contributed by atoms with Crippen LogP contribution in [0.25, 0.3) is 0 Å². The van der Waals surface area contributed by atoms with E-state index in [0.29, 0.717) is 5.92 Å². The number of carbonyl (C=O) groups is 2. The standard InChI is InChI=1S/C12H15BO3/c13-10(14)6-16-11(15)12-4-7-1-8(5-12)3-9(12)2-7/h7-9H,1-6H2. The highest BCUT2D eigenvalue weighted by molar-refractivity contribution is 6.58. The second kappa shape index (κ2) is 3.35. The van der Waals surface area contributed by atoms with Gasteiger partial charge in [-0.25, -0.2) is 0 Å². The van der Waals surface area contributed by atoms with Crippen molar-refractivity contribution < 1.29 is 14.3 Å². The van der Waals surface area contributed by atoms with Crippen molar-refractivity contribution in [1.82, 2.24) is 0 Å². The summed E-state index contributed by atoms with van der Waals surface area (Å²) < 4.78 is 5.05. The Bertz CT molecular complexity index is 338. The highest BCUT2D eigenvalue weighted by atomic mass is 16.5. The van der Waals surface area contributed by atoms with E-state index >= 15 is 0 Å². The molecular formula is C12H15BO3. The second-order valence-corrected chi connectivity index (χ2v) is 5.74. The van der Waals surface area contributed by atoms with E-state index in [0.717, 1.165) is 24.7 Å². The average Bonchev–Trinajstić information content (AvgIpc) is 2.61. The van der Waals surface area contributed by atoms with Crippen LogP contribution in [0.3, 0.4) is 0 Å². The van der Waals surface area contributed by atoms with Gasteiger partial charge in [0, 0.05) is 0 Å². The molecule has 4 fully saturated rings. The van der Waals surface area contributed by atoms with E-state index in [1.165, 1.54) is 19.3 Å². The average molecular weight is 218 g/mol. The summed E-state index contributed by atoms with van der Waals surface area (Å²) in [5, 5.41) is 0. The van der Waals surface area contributed by atoms with Gasteiger partial charge in [-0.15, -0.1) is 0 Å². The molecule has 0 aromatic rings. The van der Waals surface area contributed by atoms with Gasteiger partial charge in [0.25, 0.3) is 0 Å². The van der Waals surface area contributed by atoms with Crippen LogP contribution in [0.5, 0.6) is 0 Å². The molecule has 84 valence electrons. The number of carbonyl (C=O) groups excluding carboxylic acids is 2. The van der Waals surface area contributed by atoms with Crippen LogP contribution in [0, 0.1) is 23.2 Å². The maximum atomic E-state index is 12.1. The van der Waals surface area contributed by atoms with Crippen LogP contribution in [0.4, 0.5) is 0 Å². The van der Waals surface area contributed by atoms with Crippen LogP contribution in [0.1, 0.15) is 32.1 Å². The molecule has 0 aliphatic heterocycles. The van der Waals surface area contributed by atoms with E-state index in [1.807, 2.05) is 0 Å². The summed E-state index contributed by atoms with van der Waals surface area (Å²) >= 11 is 0. The molecule has 0 aromatic carbocycles. The minimum atomic E-state index is -0.567. The van der Waals surface area contributed by atoms with E-state index in [2.05, 4.69) is 0 Å². The summed E-state index contributed by atoms with van der Waals surface area (Å²) in [5.74, 6) is 1.79. The molecule has 4 rings (SSSR count). The Balaban J connectivity index is 1.74. The molecule has 0 saturated heterocycles. The summed E-state index contributed by atoms with van der Waals surface area (Å²) in [4.78, 5) is 22.7. The molecule has 2 radical (unpaired) electrons. The van der Waals surface area contributed by atoms with Crippen LogP contribution in [0.15, 0.2) is 0 Å². The van der Waals surface area contributed by atoms with Crippen molar-refractivity contribution in [2.45, 2.75) is 32.1 Å². The Morgan fingerprint density at radius 3 is 2.38 bits per heavy atom. The van der Waals surface area contributed by atoms with Crippen LogP contribution in [-0.4, -0.2) is 26.1 Å². The smallest absolute Gasteiger partial charge is 0.312 e. The van der Waals surface area contributed by atoms with E-state index in [1.54, 1.807) is 0 Å². The first kappa shape index (κ1) is 10.4. The predicted octanol–water partition coefficient (Wildman–Crippen LogP) is 1.05. The number of ether oxygens (including phenoxy) is 1. The lowest BCUT2D eigenvalue weighted by Gasteiger charge is -2.30. The predicted molar refractivity (Wildman–Crippen MR) is 57.7 cm³/mol. The molecule has 0 spiro atoms. The van der Waals surface area contributed by atoms with Gasteiger partial charge in [0.15, 0.2) is 7.85 Å². The van der Waals surface area contributed by atoms with Gasteiger partial charge in [0.1, 0.15) is 12.3 Å². The van der Waals surface area contributed by atoms with Crippen molar-refractivity contribution in [1.29, 1.82) is 0 Å². The Hall–Kier alpha value is -0.795. The first-order valence-corrected chi connectivity index (χ1v) is 6.06. The molecule has 4 aliphatic carbocycles. The molecule has 0 N–H and O–H groups in total. The van der Waals surface area contributed by atoms with Gasteiger partial charge >= 0.3 is 5.97 Å². The fourth-order valence-corrected chi connectivity index (χ4v) is 4.41. The van der Waals surface area contributed by atoms with Crippen molar-refractivity contribution in [3.8, 4) is 0 Å². The quantitative estimate of drug-likeness (QED) is 0.525. The molecule has 4 saturated carbocycles. The normalized spacial score (nSPS) is 43.6. The van der Waals surface area contributed by atoms with Crippen molar-refractivity contribution in [3.05, 3.63) is 0 Å². The number of rotatable bonds is 3. The van der Waals surface area contributed by atoms with Gasteiger partial charge in [-0.3, -0.25) is 4.79 Å². The zero-order valence-electron chi connectivity index (χ0n) is 9.28. The Morgan fingerprint density at radius 2 is 1.81 bits per heavy atom. The van der Waals surface area contributed by atoms with Crippen LogP contribution in [0.2, 0.25) is 0 Å². The maximum Gasteiger partial charge on any atom is 0.312 e. The van der Waals surface area contributed by atoms with Crippen molar-refractivity contribution in [3.63, 3.8) is 0 Å². The fraction of sp³-hybridized carbons (Fsp3) is 0.833. The molecule has 0 aromatic heterocycles. The van der Waals surface area contributed by atoms with Crippen molar-refractivity contribution in [2.75, 3.05) is 6.61 Å². The molecule has 16 heavy (non-hydrogen) atoms. The van der Waals surface area contributed by atoms with Gasteiger partial charge in [0.2, 0.25) is 0 Å². The molecular weight excluding hydrogens is 203 g/mol. The van der Waals surface area contributed by atoms with Crippen molar-refractivity contribution >= 4 is 19.5 Å².